The van der Waals surface area contributed by atoms with Gasteiger partial charge in [-0.15, -0.1) is 0 Å². The molecule has 0 spiro atoms. The first-order valence-electron chi connectivity index (χ1n) is 18.0. The van der Waals surface area contributed by atoms with E-state index < -0.39 is 58.6 Å². The fraction of sp³-hybridized carbons (Fsp3) is 0.706. The Balaban J connectivity index is 1.31. The molecule has 0 bridgehead atoms. The number of carbonyl (C=O) groups excluding carboxylic acids is 4. The molecule has 4 fully saturated rings. The molecular weight excluding hydrogens is 687 g/mol. The lowest BCUT2D eigenvalue weighted by atomic mass is 9.78. The highest BCUT2D eigenvalue weighted by atomic mass is 32.2. The number of benzene rings is 1. The molecule has 2 unspecified atom stereocenters. The van der Waals surface area contributed by atoms with Crippen LogP contribution < -0.4 is 31.6 Å². The summed E-state index contributed by atoms with van der Waals surface area (Å²) in [6.07, 6.45) is 2.66. The van der Waals surface area contributed by atoms with E-state index in [0.29, 0.717) is 63.6 Å². The topological polar surface area (TPSA) is 150 Å². The average molecular weight is 740 g/mol. The molecule has 0 radical (unpaired) electrons. The summed E-state index contributed by atoms with van der Waals surface area (Å²) in [6, 6.07) is 1.88. The number of piperazine rings is 1. The monoisotopic (exact) mass is 739 g/mol. The van der Waals surface area contributed by atoms with E-state index in [1.54, 1.807) is 22.9 Å². The van der Waals surface area contributed by atoms with E-state index in [1.165, 1.54) is 24.1 Å². The van der Waals surface area contributed by atoms with Gasteiger partial charge in [-0.05, 0) is 49.4 Å². The van der Waals surface area contributed by atoms with Crippen molar-refractivity contribution in [2.24, 2.45) is 17.8 Å². The van der Waals surface area contributed by atoms with Crippen molar-refractivity contribution in [1.29, 1.82) is 0 Å². The maximum absolute atomic E-state index is 15.8. The van der Waals surface area contributed by atoms with Gasteiger partial charge >= 0.3 is 5.92 Å². The average Bonchev–Trinajstić information content (AvgIpc) is 3.84. The Kier molecular flexibility index (Phi) is 13.3. The molecule has 3 aliphatic heterocycles. The third-order valence-electron chi connectivity index (χ3n) is 10.8. The quantitative estimate of drug-likeness (QED) is 0.175. The second-order valence-corrected chi connectivity index (χ2v) is 15.4. The van der Waals surface area contributed by atoms with Crippen molar-refractivity contribution in [3.63, 3.8) is 0 Å². The molecule has 51 heavy (non-hydrogen) atoms. The third-order valence-corrected chi connectivity index (χ3v) is 11.7. The molecular formula is C34H52F3N9O4S. The lowest BCUT2D eigenvalue weighted by molar-refractivity contribution is -0.154. The van der Waals surface area contributed by atoms with Crippen LogP contribution in [0, 0.1) is 23.6 Å². The van der Waals surface area contributed by atoms with Crippen LogP contribution in [-0.2, 0) is 19.2 Å². The van der Waals surface area contributed by atoms with Crippen molar-refractivity contribution in [2.75, 3.05) is 64.7 Å². The van der Waals surface area contributed by atoms with E-state index in [-0.39, 0.29) is 30.6 Å². The van der Waals surface area contributed by atoms with Crippen LogP contribution in [0.3, 0.4) is 0 Å². The van der Waals surface area contributed by atoms with Crippen LogP contribution in [0.25, 0.3) is 0 Å². The van der Waals surface area contributed by atoms with Gasteiger partial charge < -0.3 is 25.8 Å². The second kappa shape index (κ2) is 17.2. The fourth-order valence-corrected chi connectivity index (χ4v) is 7.83. The second-order valence-electron chi connectivity index (χ2n) is 14.4. The maximum Gasteiger partial charge on any atom is 0.329 e. The summed E-state index contributed by atoms with van der Waals surface area (Å²) in [5.74, 6) is -9.30. The molecule has 17 heteroatoms. The Labute approximate surface area is 302 Å². The number of carbonyl (C=O) groups is 4. The van der Waals surface area contributed by atoms with Gasteiger partial charge in [0.2, 0.25) is 17.7 Å². The van der Waals surface area contributed by atoms with Gasteiger partial charge in [-0.2, -0.15) is 8.78 Å². The van der Waals surface area contributed by atoms with E-state index in [0.717, 1.165) is 12.8 Å². The van der Waals surface area contributed by atoms with E-state index in [4.69, 9.17) is 0 Å². The molecule has 13 nitrogen and oxygen atoms in total. The van der Waals surface area contributed by atoms with Crippen molar-refractivity contribution < 1.29 is 32.3 Å². The van der Waals surface area contributed by atoms with Crippen molar-refractivity contribution >= 4 is 41.3 Å². The molecule has 3 heterocycles. The molecule has 1 aliphatic carbocycles. The Morgan fingerprint density at radius 3 is 2.35 bits per heavy atom. The van der Waals surface area contributed by atoms with Crippen LogP contribution in [-0.4, -0.2) is 121 Å². The molecule has 1 saturated carbocycles. The summed E-state index contributed by atoms with van der Waals surface area (Å²) in [4.78, 5) is 60.4. The van der Waals surface area contributed by atoms with E-state index in [9.17, 15) is 19.2 Å². The van der Waals surface area contributed by atoms with Crippen LogP contribution in [0.15, 0.2) is 18.2 Å². The number of anilines is 1. The number of likely N-dealkylation sites (N-methyl/N-ethyl adjacent to an activating group) is 1. The zero-order chi connectivity index (χ0) is 36.9. The molecule has 1 aromatic rings. The number of amides is 4. The molecule has 3 saturated heterocycles. The van der Waals surface area contributed by atoms with Crippen molar-refractivity contribution in [3.8, 4) is 0 Å². The molecule has 4 aliphatic rings. The van der Waals surface area contributed by atoms with E-state index in [1.807, 2.05) is 14.0 Å². The molecule has 5 atom stereocenters. The minimum atomic E-state index is -3.72. The largest absolute Gasteiger partial charge is 0.343 e. The summed E-state index contributed by atoms with van der Waals surface area (Å²) in [6.45, 7) is 8.79. The van der Waals surface area contributed by atoms with E-state index >= 15 is 13.2 Å². The number of hydrogen-bond donors (Lipinski definition) is 6. The Morgan fingerprint density at radius 1 is 1.04 bits per heavy atom. The first-order chi connectivity index (χ1) is 24.3. The van der Waals surface area contributed by atoms with Crippen molar-refractivity contribution in [1.82, 2.24) is 41.1 Å². The molecule has 284 valence electrons. The van der Waals surface area contributed by atoms with Crippen LogP contribution in [0.5, 0.6) is 0 Å². The molecule has 6 N–H and O–H groups in total. The van der Waals surface area contributed by atoms with Gasteiger partial charge in [-0.1, -0.05) is 51.6 Å². The van der Waals surface area contributed by atoms with Gasteiger partial charge in [-0.25, -0.2) is 19.7 Å². The van der Waals surface area contributed by atoms with E-state index in [2.05, 4.69) is 43.5 Å². The van der Waals surface area contributed by atoms with Crippen LogP contribution in [0.4, 0.5) is 18.9 Å². The highest BCUT2D eigenvalue weighted by Gasteiger charge is 2.51. The Morgan fingerprint density at radius 2 is 1.75 bits per heavy atom. The van der Waals surface area contributed by atoms with Crippen molar-refractivity contribution in [3.05, 3.63) is 29.6 Å². The van der Waals surface area contributed by atoms with Crippen LogP contribution in [0.1, 0.15) is 57.9 Å². The minimum Gasteiger partial charge on any atom is -0.343 e. The molecule has 5 rings (SSSR count). The third kappa shape index (κ3) is 9.53. The zero-order valence-corrected chi connectivity index (χ0v) is 30.6. The van der Waals surface area contributed by atoms with Gasteiger partial charge in [0.15, 0.2) is 0 Å². The number of hydrogen-bond acceptors (Lipinski definition) is 10. The summed E-state index contributed by atoms with van der Waals surface area (Å²) >= 11 is 1.20. The predicted molar refractivity (Wildman–Crippen MR) is 189 cm³/mol. The number of nitrogens with one attached hydrogen (secondary N) is 6. The Hall–Kier alpha value is -2.96. The number of rotatable bonds is 12. The van der Waals surface area contributed by atoms with Gasteiger partial charge in [0, 0.05) is 58.3 Å². The summed E-state index contributed by atoms with van der Waals surface area (Å²) < 4.78 is 46.6. The molecule has 1 aromatic carbocycles. The minimum absolute atomic E-state index is 0.00974. The molecule has 0 aromatic heterocycles. The smallest absolute Gasteiger partial charge is 0.329 e. The number of hydrazine groups is 2. The summed E-state index contributed by atoms with van der Waals surface area (Å²) in [5, 5.41) is 8.96. The lowest BCUT2D eigenvalue weighted by Crippen LogP contribution is -2.56. The first kappa shape index (κ1) is 39.3. The normalized spacial score (nSPS) is 26.7. The molecule has 4 amide bonds. The SMILES string of the molecule is CCN1CC(C(F)(F)C(=O)N[C@H](C(=O)Nc2ccc([C@H](C)[C@@H](NC(=O)C3CNNS3)C(=O)N3CCN(C)CC3)cc2F)C2CCC(C)CC2)CN1. The van der Waals surface area contributed by atoms with Crippen molar-refractivity contribution in [2.45, 2.75) is 75.6 Å². The standard InChI is InChI=1S/C34H52F3N9O4S/c1-5-46-19-24(17-39-46)34(36,37)33(50)42-29(22-8-6-20(2)7-9-22)31(48)40-26-11-10-23(16-25(26)35)21(3)28(41-30(47)27-18-38-43-51-27)32(49)45-14-12-44(4)13-15-45/h10-11,16,20-22,24,27-29,38-39,43H,5-9,12-15,17-19H2,1-4H3,(H,40,48)(H,41,47)(H,42,50)/t20?,21-,22?,24?,27?,28+,29-/m0/s1. The maximum atomic E-state index is 15.8. The lowest BCUT2D eigenvalue weighted by Gasteiger charge is -2.36. The number of nitrogens with zero attached hydrogens (tertiary/aromatic N) is 3. The van der Waals surface area contributed by atoms with Crippen LogP contribution in [0.2, 0.25) is 0 Å². The summed E-state index contributed by atoms with van der Waals surface area (Å²) in [7, 11) is 1.97. The highest BCUT2D eigenvalue weighted by molar-refractivity contribution is 7.98. The number of halogens is 3. The highest BCUT2D eigenvalue weighted by Crippen LogP contribution is 2.34. The van der Waals surface area contributed by atoms with Gasteiger partial charge in [-0.3, -0.25) is 24.6 Å². The predicted octanol–water partition coefficient (Wildman–Crippen LogP) is 1.65. The van der Waals surface area contributed by atoms with Crippen LogP contribution >= 0.6 is 11.9 Å². The zero-order valence-electron chi connectivity index (χ0n) is 29.8. The Bertz CT molecular complexity index is 1400. The van der Waals surface area contributed by atoms with Gasteiger partial charge in [0.1, 0.15) is 23.2 Å². The van der Waals surface area contributed by atoms with Gasteiger partial charge in [0.05, 0.1) is 11.6 Å². The summed E-state index contributed by atoms with van der Waals surface area (Å²) in [5.41, 5.74) is 5.99. The first-order valence-corrected chi connectivity index (χ1v) is 18.8. The van der Waals surface area contributed by atoms with Gasteiger partial charge in [0.25, 0.3) is 5.91 Å². The fourth-order valence-electron chi connectivity index (χ4n) is 7.18. The number of alkyl halides is 2.